The van der Waals surface area contributed by atoms with Crippen molar-refractivity contribution < 1.29 is 0 Å². The normalized spacial score (nSPS) is 10.7. The van der Waals surface area contributed by atoms with Gasteiger partial charge in [-0.2, -0.15) is 0 Å². The Morgan fingerprint density at radius 2 is 1.90 bits per heavy atom. The van der Waals surface area contributed by atoms with Crippen LogP contribution in [0.1, 0.15) is 31.2 Å². The van der Waals surface area contributed by atoms with Crippen LogP contribution in [0.25, 0.3) is 0 Å². The van der Waals surface area contributed by atoms with Crippen molar-refractivity contribution in [1.82, 2.24) is 9.97 Å². The molecule has 3 N–H and O–H groups in total. The number of nitrogens with one attached hydrogen (secondary N) is 1. The van der Waals surface area contributed by atoms with Gasteiger partial charge in [-0.25, -0.2) is 15.8 Å². The molecule has 0 spiro atoms. The van der Waals surface area contributed by atoms with E-state index in [9.17, 15) is 0 Å². The molecule has 5 heteroatoms. The lowest BCUT2D eigenvalue weighted by Crippen LogP contribution is -2.20. The second-order valence-corrected chi connectivity index (χ2v) is 5.11. The van der Waals surface area contributed by atoms with Crippen molar-refractivity contribution >= 4 is 11.6 Å². The van der Waals surface area contributed by atoms with E-state index in [0.29, 0.717) is 5.82 Å². The summed E-state index contributed by atoms with van der Waals surface area (Å²) < 4.78 is 0. The van der Waals surface area contributed by atoms with Gasteiger partial charge in [0.25, 0.3) is 0 Å². The average Bonchev–Trinajstić information content (AvgIpc) is 2.47. The van der Waals surface area contributed by atoms with Crippen molar-refractivity contribution in [3.8, 4) is 0 Å². The van der Waals surface area contributed by atoms with E-state index in [2.05, 4.69) is 46.3 Å². The number of rotatable bonds is 5. The van der Waals surface area contributed by atoms with Crippen LogP contribution in [-0.2, 0) is 6.54 Å². The van der Waals surface area contributed by atoms with Gasteiger partial charge in [-0.15, -0.1) is 0 Å². The minimum absolute atomic E-state index is 0.257. The van der Waals surface area contributed by atoms with Crippen LogP contribution in [0.5, 0.6) is 0 Å². The summed E-state index contributed by atoms with van der Waals surface area (Å²) in [7, 11) is 2.01. The molecule has 5 nitrogen and oxygen atoms in total. The number of nitrogen functional groups attached to an aromatic ring is 1. The number of anilines is 2. The summed E-state index contributed by atoms with van der Waals surface area (Å²) in [5, 5.41) is 0. The minimum atomic E-state index is 0.257. The Balaban J connectivity index is 2.24. The molecular weight excluding hydrogens is 250 g/mol. The topological polar surface area (TPSA) is 67.1 Å². The van der Waals surface area contributed by atoms with E-state index in [1.54, 1.807) is 0 Å². The highest BCUT2D eigenvalue weighted by Gasteiger charge is 2.11. The summed E-state index contributed by atoms with van der Waals surface area (Å²) in [6, 6.07) is 12.1. The monoisotopic (exact) mass is 271 g/mol. The standard InChI is InChI=1S/C15H21N5/c1-11(2)15-17-13(19-16)9-14(18-15)20(3)10-12-7-5-4-6-8-12/h4-9,11H,10,16H2,1-3H3,(H,17,18,19). The van der Waals surface area contributed by atoms with E-state index in [0.717, 1.165) is 18.2 Å². The first-order valence-corrected chi connectivity index (χ1v) is 6.71. The van der Waals surface area contributed by atoms with Crippen LogP contribution in [0.15, 0.2) is 36.4 Å². The van der Waals surface area contributed by atoms with Crippen LogP contribution in [0.4, 0.5) is 11.6 Å². The molecule has 0 fully saturated rings. The van der Waals surface area contributed by atoms with Crippen LogP contribution >= 0.6 is 0 Å². The van der Waals surface area contributed by atoms with Gasteiger partial charge in [-0.3, -0.25) is 0 Å². The number of aromatic nitrogens is 2. The van der Waals surface area contributed by atoms with Gasteiger partial charge in [0.1, 0.15) is 17.5 Å². The minimum Gasteiger partial charge on any atom is -0.355 e. The molecule has 0 bridgehead atoms. The number of nitrogens with zero attached hydrogens (tertiary/aromatic N) is 3. The molecule has 0 aliphatic heterocycles. The van der Waals surface area contributed by atoms with Crippen LogP contribution in [0.2, 0.25) is 0 Å². The third-order valence-electron chi connectivity index (χ3n) is 3.05. The van der Waals surface area contributed by atoms with Gasteiger partial charge >= 0.3 is 0 Å². The molecule has 0 amide bonds. The fourth-order valence-electron chi connectivity index (χ4n) is 1.92. The first-order chi connectivity index (χ1) is 9.60. The molecule has 0 atom stereocenters. The Hall–Kier alpha value is -2.14. The number of hydrogen-bond acceptors (Lipinski definition) is 5. The summed E-state index contributed by atoms with van der Waals surface area (Å²) in [5.41, 5.74) is 3.84. The van der Waals surface area contributed by atoms with Crippen LogP contribution in [0.3, 0.4) is 0 Å². The van der Waals surface area contributed by atoms with Crippen molar-refractivity contribution in [2.75, 3.05) is 17.4 Å². The third-order valence-corrected chi connectivity index (χ3v) is 3.05. The maximum atomic E-state index is 5.48. The Labute approximate surface area is 119 Å². The maximum absolute atomic E-state index is 5.48. The van der Waals surface area contributed by atoms with Crippen molar-refractivity contribution in [1.29, 1.82) is 0 Å². The molecular formula is C15H21N5. The van der Waals surface area contributed by atoms with E-state index in [-0.39, 0.29) is 5.92 Å². The highest BCUT2D eigenvalue weighted by atomic mass is 15.3. The van der Waals surface area contributed by atoms with Gasteiger partial charge in [-0.1, -0.05) is 44.2 Å². The van der Waals surface area contributed by atoms with Crippen LogP contribution < -0.4 is 16.2 Å². The zero-order valence-corrected chi connectivity index (χ0v) is 12.2. The molecule has 0 aliphatic carbocycles. The summed E-state index contributed by atoms with van der Waals surface area (Å²) >= 11 is 0. The molecule has 0 saturated carbocycles. The fraction of sp³-hybridized carbons (Fsp3) is 0.333. The molecule has 0 unspecified atom stereocenters. The van der Waals surface area contributed by atoms with Crippen molar-refractivity contribution in [3.05, 3.63) is 47.8 Å². The molecule has 1 heterocycles. The molecule has 1 aromatic heterocycles. The Kier molecular flexibility index (Phi) is 4.53. The summed E-state index contributed by atoms with van der Waals surface area (Å²) in [6.07, 6.45) is 0. The molecule has 0 saturated heterocycles. The SMILES string of the molecule is CC(C)c1nc(NN)cc(N(C)Cc2ccccc2)n1. The van der Waals surface area contributed by atoms with Gasteiger partial charge in [0.15, 0.2) is 0 Å². The first-order valence-electron chi connectivity index (χ1n) is 6.71. The zero-order valence-electron chi connectivity index (χ0n) is 12.2. The van der Waals surface area contributed by atoms with Crippen molar-refractivity contribution in [3.63, 3.8) is 0 Å². The van der Waals surface area contributed by atoms with Gasteiger partial charge in [0, 0.05) is 25.6 Å². The number of nitrogens with two attached hydrogens (primary N) is 1. The largest absolute Gasteiger partial charge is 0.355 e. The number of hydrogen-bond donors (Lipinski definition) is 2. The quantitative estimate of drug-likeness (QED) is 0.646. The molecule has 0 aliphatic rings. The average molecular weight is 271 g/mol. The van der Waals surface area contributed by atoms with Gasteiger partial charge in [-0.05, 0) is 5.56 Å². The predicted molar refractivity (Wildman–Crippen MR) is 82.5 cm³/mol. The van der Waals surface area contributed by atoms with E-state index in [1.165, 1.54) is 5.56 Å². The van der Waals surface area contributed by atoms with E-state index in [4.69, 9.17) is 5.84 Å². The summed E-state index contributed by atoms with van der Waals surface area (Å²) in [4.78, 5) is 11.1. The maximum Gasteiger partial charge on any atom is 0.145 e. The Morgan fingerprint density at radius 1 is 1.20 bits per heavy atom. The molecule has 20 heavy (non-hydrogen) atoms. The third kappa shape index (κ3) is 3.45. The molecule has 2 rings (SSSR count). The zero-order chi connectivity index (χ0) is 14.5. The smallest absolute Gasteiger partial charge is 0.145 e. The second-order valence-electron chi connectivity index (χ2n) is 5.11. The highest BCUT2D eigenvalue weighted by Crippen LogP contribution is 2.20. The lowest BCUT2D eigenvalue weighted by atomic mass is 10.2. The predicted octanol–water partition coefficient (Wildman–Crippen LogP) is 2.52. The number of benzene rings is 1. The molecule has 0 radical (unpaired) electrons. The fourth-order valence-corrected chi connectivity index (χ4v) is 1.92. The first kappa shape index (κ1) is 14.3. The second kappa shape index (κ2) is 6.34. The molecule has 106 valence electrons. The molecule has 2 aromatic rings. The Bertz CT molecular complexity index is 553. The Morgan fingerprint density at radius 3 is 2.50 bits per heavy atom. The van der Waals surface area contributed by atoms with Crippen LogP contribution in [-0.4, -0.2) is 17.0 Å². The van der Waals surface area contributed by atoms with Gasteiger partial charge < -0.3 is 10.3 Å². The van der Waals surface area contributed by atoms with E-state index < -0.39 is 0 Å². The summed E-state index contributed by atoms with van der Waals surface area (Å²) in [6.45, 7) is 4.92. The van der Waals surface area contributed by atoms with Crippen molar-refractivity contribution in [2.45, 2.75) is 26.3 Å². The lowest BCUT2D eigenvalue weighted by molar-refractivity contribution is 0.763. The van der Waals surface area contributed by atoms with E-state index >= 15 is 0 Å². The number of hydrazine groups is 1. The van der Waals surface area contributed by atoms with Gasteiger partial charge in [0.05, 0.1) is 0 Å². The molecule has 1 aromatic carbocycles. The highest BCUT2D eigenvalue weighted by molar-refractivity contribution is 5.49. The summed E-state index contributed by atoms with van der Waals surface area (Å²) in [5.74, 6) is 8.02. The van der Waals surface area contributed by atoms with Gasteiger partial charge in [0.2, 0.25) is 0 Å². The lowest BCUT2D eigenvalue weighted by Gasteiger charge is -2.20. The van der Waals surface area contributed by atoms with Crippen LogP contribution in [0, 0.1) is 0 Å². The van der Waals surface area contributed by atoms with Crippen molar-refractivity contribution in [2.24, 2.45) is 5.84 Å². The van der Waals surface area contributed by atoms with E-state index in [1.807, 2.05) is 31.3 Å².